The minimum atomic E-state index is -0.220. The summed E-state index contributed by atoms with van der Waals surface area (Å²) in [6, 6.07) is 9.42. The zero-order valence-electron chi connectivity index (χ0n) is 12.4. The predicted molar refractivity (Wildman–Crippen MR) is 81.3 cm³/mol. The van der Waals surface area contributed by atoms with Crippen LogP contribution in [0.25, 0.3) is 0 Å². The SMILES string of the molecule is CC(C)C(=O)Nc1nc2n(n1)[C@@H](c1ccccc1)CC(=O)N2. The fourth-order valence-electron chi connectivity index (χ4n) is 2.31. The summed E-state index contributed by atoms with van der Waals surface area (Å²) in [7, 11) is 0. The van der Waals surface area contributed by atoms with Crippen LogP contribution in [0.3, 0.4) is 0 Å². The van der Waals surface area contributed by atoms with E-state index in [0.717, 1.165) is 5.56 Å². The van der Waals surface area contributed by atoms with E-state index >= 15 is 0 Å². The maximum absolute atomic E-state index is 11.9. The standard InChI is InChI=1S/C15H17N5O2/c1-9(2)13(22)17-14-18-15-16-12(21)8-11(20(15)19-14)10-6-4-3-5-7-10/h3-7,9,11H,8H2,1-2H3,(H2,16,17,18,19,21,22)/t11-/m1/s1. The van der Waals surface area contributed by atoms with Crippen molar-refractivity contribution < 1.29 is 9.59 Å². The topological polar surface area (TPSA) is 88.9 Å². The Kier molecular flexibility index (Phi) is 3.62. The van der Waals surface area contributed by atoms with Crippen LogP contribution >= 0.6 is 0 Å². The van der Waals surface area contributed by atoms with Gasteiger partial charge in [-0.25, -0.2) is 4.68 Å². The number of benzene rings is 1. The quantitative estimate of drug-likeness (QED) is 0.904. The summed E-state index contributed by atoms with van der Waals surface area (Å²) < 4.78 is 1.65. The molecule has 22 heavy (non-hydrogen) atoms. The maximum atomic E-state index is 11.9. The molecular weight excluding hydrogens is 282 g/mol. The van der Waals surface area contributed by atoms with Gasteiger partial charge in [0, 0.05) is 5.92 Å². The predicted octanol–water partition coefficient (Wildman–Crippen LogP) is 1.80. The van der Waals surface area contributed by atoms with Gasteiger partial charge < -0.3 is 0 Å². The summed E-state index contributed by atoms with van der Waals surface area (Å²) in [5.41, 5.74) is 0.977. The molecule has 0 bridgehead atoms. The second-order valence-electron chi connectivity index (χ2n) is 5.53. The minimum Gasteiger partial charge on any atom is -0.295 e. The molecule has 7 heteroatoms. The zero-order valence-corrected chi connectivity index (χ0v) is 12.4. The zero-order chi connectivity index (χ0) is 15.7. The second kappa shape index (κ2) is 5.59. The summed E-state index contributed by atoms with van der Waals surface area (Å²) in [5.74, 6) is 0.113. The summed E-state index contributed by atoms with van der Waals surface area (Å²) in [6.07, 6.45) is 0.290. The van der Waals surface area contributed by atoms with Gasteiger partial charge in [-0.1, -0.05) is 44.2 Å². The first-order valence-corrected chi connectivity index (χ1v) is 7.17. The van der Waals surface area contributed by atoms with E-state index in [-0.39, 0.29) is 36.1 Å². The number of fused-ring (bicyclic) bond motifs is 1. The Labute approximate surface area is 127 Å². The van der Waals surface area contributed by atoms with Crippen LogP contribution in [0.15, 0.2) is 30.3 Å². The van der Waals surface area contributed by atoms with Crippen molar-refractivity contribution in [1.29, 1.82) is 0 Å². The smallest absolute Gasteiger partial charge is 0.250 e. The van der Waals surface area contributed by atoms with E-state index in [1.54, 1.807) is 18.5 Å². The third-order valence-corrected chi connectivity index (χ3v) is 3.50. The van der Waals surface area contributed by atoms with Crippen LogP contribution in [0.1, 0.15) is 31.9 Å². The van der Waals surface area contributed by atoms with Crippen LogP contribution in [-0.2, 0) is 9.59 Å². The van der Waals surface area contributed by atoms with Crippen LogP contribution in [0, 0.1) is 5.92 Å². The molecule has 0 fully saturated rings. The molecule has 2 amide bonds. The van der Waals surface area contributed by atoms with Crippen molar-refractivity contribution >= 4 is 23.7 Å². The van der Waals surface area contributed by atoms with E-state index in [2.05, 4.69) is 20.7 Å². The highest BCUT2D eigenvalue weighted by Gasteiger charge is 2.29. The average Bonchev–Trinajstić information content (AvgIpc) is 2.89. The first-order chi connectivity index (χ1) is 10.5. The molecule has 0 radical (unpaired) electrons. The van der Waals surface area contributed by atoms with E-state index in [1.165, 1.54) is 0 Å². The lowest BCUT2D eigenvalue weighted by molar-refractivity contribution is -0.119. The summed E-state index contributed by atoms with van der Waals surface area (Å²) in [4.78, 5) is 27.8. The van der Waals surface area contributed by atoms with Gasteiger partial charge in [-0.3, -0.25) is 20.2 Å². The molecule has 0 saturated carbocycles. The molecular formula is C15H17N5O2. The average molecular weight is 299 g/mol. The molecule has 2 heterocycles. The van der Waals surface area contributed by atoms with Crippen molar-refractivity contribution in [3.05, 3.63) is 35.9 Å². The maximum Gasteiger partial charge on any atom is 0.250 e. The van der Waals surface area contributed by atoms with E-state index < -0.39 is 0 Å². The van der Waals surface area contributed by atoms with E-state index in [0.29, 0.717) is 5.95 Å². The largest absolute Gasteiger partial charge is 0.295 e. The number of amides is 2. The molecule has 3 rings (SSSR count). The lowest BCUT2D eigenvalue weighted by atomic mass is 10.0. The van der Waals surface area contributed by atoms with Crippen molar-refractivity contribution in [2.24, 2.45) is 5.92 Å². The molecule has 1 aromatic heterocycles. The van der Waals surface area contributed by atoms with Gasteiger partial charge in [0.2, 0.25) is 17.8 Å². The van der Waals surface area contributed by atoms with Crippen molar-refractivity contribution in [3.8, 4) is 0 Å². The molecule has 114 valence electrons. The Morgan fingerprint density at radius 1 is 1.36 bits per heavy atom. The summed E-state index contributed by atoms with van der Waals surface area (Å²) in [6.45, 7) is 3.58. The van der Waals surface area contributed by atoms with Crippen molar-refractivity contribution in [1.82, 2.24) is 14.8 Å². The summed E-state index contributed by atoms with van der Waals surface area (Å²) >= 11 is 0. The normalized spacial score (nSPS) is 17.0. The molecule has 7 nitrogen and oxygen atoms in total. The number of anilines is 2. The van der Waals surface area contributed by atoms with Crippen molar-refractivity contribution in [3.63, 3.8) is 0 Å². The molecule has 1 aromatic carbocycles. The second-order valence-corrected chi connectivity index (χ2v) is 5.53. The van der Waals surface area contributed by atoms with Crippen LogP contribution in [0.5, 0.6) is 0 Å². The Morgan fingerprint density at radius 3 is 2.77 bits per heavy atom. The van der Waals surface area contributed by atoms with E-state index in [1.807, 2.05) is 30.3 Å². The van der Waals surface area contributed by atoms with Crippen LogP contribution in [-0.4, -0.2) is 26.6 Å². The number of aromatic nitrogens is 3. The number of rotatable bonds is 3. The number of hydrogen-bond acceptors (Lipinski definition) is 4. The van der Waals surface area contributed by atoms with E-state index in [4.69, 9.17) is 0 Å². The third kappa shape index (κ3) is 2.69. The lowest BCUT2D eigenvalue weighted by Crippen LogP contribution is -2.29. The van der Waals surface area contributed by atoms with Gasteiger partial charge in [-0.15, -0.1) is 5.10 Å². The highest BCUT2D eigenvalue weighted by atomic mass is 16.2. The Balaban J connectivity index is 1.94. The number of nitrogens with one attached hydrogen (secondary N) is 2. The van der Waals surface area contributed by atoms with E-state index in [9.17, 15) is 9.59 Å². The summed E-state index contributed by atoms with van der Waals surface area (Å²) in [5, 5.41) is 9.66. The van der Waals surface area contributed by atoms with Gasteiger partial charge in [0.15, 0.2) is 0 Å². The first-order valence-electron chi connectivity index (χ1n) is 7.17. The molecule has 2 aromatic rings. The fraction of sp³-hybridized carbons (Fsp3) is 0.333. The van der Waals surface area contributed by atoms with Crippen LogP contribution in [0.2, 0.25) is 0 Å². The number of carbonyl (C=O) groups excluding carboxylic acids is 2. The molecule has 0 aliphatic carbocycles. The molecule has 0 spiro atoms. The number of hydrogen-bond donors (Lipinski definition) is 2. The van der Waals surface area contributed by atoms with Gasteiger partial charge >= 0.3 is 0 Å². The molecule has 1 aliphatic heterocycles. The fourth-order valence-corrected chi connectivity index (χ4v) is 2.31. The Bertz CT molecular complexity index is 708. The Hall–Kier alpha value is -2.70. The minimum absolute atomic E-state index is 0.115. The third-order valence-electron chi connectivity index (χ3n) is 3.50. The van der Waals surface area contributed by atoms with Gasteiger partial charge in [-0.2, -0.15) is 4.98 Å². The van der Waals surface area contributed by atoms with Gasteiger partial charge in [0.05, 0.1) is 12.5 Å². The Morgan fingerprint density at radius 2 is 2.09 bits per heavy atom. The van der Waals surface area contributed by atoms with Crippen molar-refractivity contribution in [2.45, 2.75) is 26.3 Å². The number of nitrogens with zero attached hydrogens (tertiary/aromatic N) is 3. The molecule has 0 unspecified atom stereocenters. The van der Waals surface area contributed by atoms with Crippen LogP contribution < -0.4 is 10.6 Å². The monoisotopic (exact) mass is 299 g/mol. The molecule has 0 saturated heterocycles. The first kappa shape index (κ1) is 14.2. The molecule has 1 atom stereocenters. The highest BCUT2D eigenvalue weighted by Crippen LogP contribution is 2.29. The highest BCUT2D eigenvalue weighted by molar-refractivity contribution is 5.93. The molecule has 2 N–H and O–H groups in total. The van der Waals surface area contributed by atoms with Gasteiger partial charge in [0.1, 0.15) is 0 Å². The van der Waals surface area contributed by atoms with Gasteiger partial charge in [-0.05, 0) is 5.56 Å². The lowest BCUT2D eigenvalue weighted by Gasteiger charge is -2.23. The number of carbonyl (C=O) groups is 2. The van der Waals surface area contributed by atoms with Crippen LogP contribution in [0.4, 0.5) is 11.9 Å². The van der Waals surface area contributed by atoms with Crippen molar-refractivity contribution in [2.75, 3.05) is 10.6 Å². The molecule has 1 aliphatic rings. The van der Waals surface area contributed by atoms with Gasteiger partial charge in [0.25, 0.3) is 5.95 Å².